The lowest BCUT2D eigenvalue weighted by molar-refractivity contribution is -0.141. The quantitative estimate of drug-likeness (QED) is 0.766. The molecule has 0 saturated carbocycles. The molecule has 0 aliphatic heterocycles. The van der Waals surface area contributed by atoms with E-state index in [-0.39, 0.29) is 18.7 Å². The first kappa shape index (κ1) is 18.3. The maximum atomic E-state index is 12.2. The second-order valence-corrected chi connectivity index (χ2v) is 5.51. The third kappa shape index (κ3) is 5.24. The average Bonchev–Trinajstić information content (AvgIpc) is 2.61. The number of carbonyl (C=O) groups excluding carboxylic acids is 1. The molecule has 1 unspecified atom stereocenters. The fraction of sp³-hybridized carbons (Fsp3) is 0.263. The molecule has 2 N–H and O–H groups in total. The van der Waals surface area contributed by atoms with Crippen molar-refractivity contribution in [2.75, 3.05) is 14.2 Å². The summed E-state index contributed by atoms with van der Waals surface area (Å²) < 4.78 is 10.4. The number of carboxylic acids is 1. The second kappa shape index (κ2) is 8.73. The van der Waals surface area contributed by atoms with Crippen LogP contribution in [0.1, 0.15) is 11.1 Å². The highest BCUT2D eigenvalue weighted by Crippen LogP contribution is 2.27. The molecule has 0 spiro atoms. The summed E-state index contributed by atoms with van der Waals surface area (Å²) >= 11 is 0. The molecular weight excluding hydrogens is 322 g/mol. The Labute approximate surface area is 146 Å². The van der Waals surface area contributed by atoms with Gasteiger partial charge >= 0.3 is 5.97 Å². The first-order chi connectivity index (χ1) is 12.0. The molecule has 2 aromatic rings. The monoisotopic (exact) mass is 343 g/mol. The number of rotatable bonds is 8. The molecule has 0 bridgehead atoms. The van der Waals surface area contributed by atoms with Crippen LogP contribution in [0.5, 0.6) is 11.5 Å². The number of benzene rings is 2. The number of carboxylic acid groups (broad SMARTS) is 1. The standard InChI is InChI=1S/C19H21NO5/c1-24-16-9-8-14(11-17(16)25-2)12-18(21)20-15(19(22)23)10-13-6-4-3-5-7-13/h3-9,11,15H,10,12H2,1-2H3,(H,20,21)(H,22,23). The highest BCUT2D eigenvalue weighted by molar-refractivity contribution is 5.85. The molecule has 0 aromatic heterocycles. The molecule has 0 saturated heterocycles. The normalized spacial score (nSPS) is 11.4. The van der Waals surface area contributed by atoms with Gasteiger partial charge in [0.15, 0.2) is 11.5 Å². The molecule has 2 rings (SSSR count). The van der Waals surface area contributed by atoms with Crippen molar-refractivity contribution in [1.29, 1.82) is 0 Å². The summed E-state index contributed by atoms with van der Waals surface area (Å²) in [5.74, 6) is -0.342. The number of methoxy groups -OCH3 is 2. The summed E-state index contributed by atoms with van der Waals surface area (Å²) in [7, 11) is 3.05. The summed E-state index contributed by atoms with van der Waals surface area (Å²) in [6.07, 6.45) is 0.284. The van der Waals surface area contributed by atoms with Crippen LogP contribution in [0.4, 0.5) is 0 Å². The first-order valence-electron chi connectivity index (χ1n) is 7.80. The van der Waals surface area contributed by atoms with Gasteiger partial charge in [0.25, 0.3) is 0 Å². The van der Waals surface area contributed by atoms with E-state index >= 15 is 0 Å². The summed E-state index contributed by atoms with van der Waals surface area (Å²) in [5.41, 5.74) is 1.56. The number of amides is 1. The predicted octanol–water partition coefficient (Wildman–Crippen LogP) is 2.06. The Morgan fingerprint density at radius 2 is 1.68 bits per heavy atom. The molecule has 0 heterocycles. The predicted molar refractivity (Wildman–Crippen MR) is 93.0 cm³/mol. The van der Waals surface area contributed by atoms with Gasteiger partial charge in [-0.05, 0) is 23.3 Å². The van der Waals surface area contributed by atoms with E-state index in [1.807, 2.05) is 30.3 Å². The van der Waals surface area contributed by atoms with Crippen LogP contribution >= 0.6 is 0 Å². The smallest absolute Gasteiger partial charge is 0.326 e. The van der Waals surface area contributed by atoms with E-state index in [4.69, 9.17) is 9.47 Å². The zero-order valence-corrected chi connectivity index (χ0v) is 14.2. The fourth-order valence-electron chi connectivity index (χ4n) is 2.47. The Hall–Kier alpha value is -3.02. The minimum Gasteiger partial charge on any atom is -0.493 e. The van der Waals surface area contributed by atoms with Crippen LogP contribution in [0.25, 0.3) is 0 Å². The number of nitrogens with one attached hydrogen (secondary N) is 1. The van der Waals surface area contributed by atoms with E-state index in [1.54, 1.807) is 18.2 Å². The number of ether oxygens (including phenoxy) is 2. The molecule has 0 fully saturated rings. The Bertz CT molecular complexity index is 730. The van der Waals surface area contributed by atoms with Crippen LogP contribution < -0.4 is 14.8 Å². The first-order valence-corrected chi connectivity index (χ1v) is 7.80. The van der Waals surface area contributed by atoms with Gasteiger partial charge in [0.1, 0.15) is 6.04 Å². The largest absolute Gasteiger partial charge is 0.493 e. The molecule has 1 atom stereocenters. The van der Waals surface area contributed by atoms with Gasteiger partial charge in [-0.25, -0.2) is 4.79 Å². The minimum absolute atomic E-state index is 0.0545. The van der Waals surface area contributed by atoms with E-state index in [0.717, 1.165) is 5.56 Å². The molecule has 0 aliphatic carbocycles. The van der Waals surface area contributed by atoms with Crippen LogP contribution in [0.2, 0.25) is 0 Å². The Morgan fingerprint density at radius 1 is 1.00 bits per heavy atom. The van der Waals surface area contributed by atoms with Gasteiger partial charge in [-0.15, -0.1) is 0 Å². The molecular formula is C19H21NO5. The van der Waals surface area contributed by atoms with Gasteiger partial charge in [0.2, 0.25) is 5.91 Å². The molecule has 25 heavy (non-hydrogen) atoms. The zero-order chi connectivity index (χ0) is 18.2. The van der Waals surface area contributed by atoms with Crippen molar-refractivity contribution in [2.45, 2.75) is 18.9 Å². The van der Waals surface area contributed by atoms with E-state index in [2.05, 4.69) is 5.32 Å². The third-order valence-corrected chi connectivity index (χ3v) is 3.73. The number of carbonyl (C=O) groups is 2. The summed E-state index contributed by atoms with van der Waals surface area (Å²) in [6.45, 7) is 0. The van der Waals surface area contributed by atoms with Gasteiger partial charge in [-0.2, -0.15) is 0 Å². The molecule has 1 amide bonds. The van der Waals surface area contributed by atoms with Gasteiger partial charge in [0.05, 0.1) is 20.6 Å². The minimum atomic E-state index is -1.07. The van der Waals surface area contributed by atoms with Gasteiger partial charge in [-0.3, -0.25) is 4.79 Å². The Balaban J connectivity index is 2.03. The highest BCUT2D eigenvalue weighted by Gasteiger charge is 2.20. The maximum Gasteiger partial charge on any atom is 0.326 e. The molecule has 6 heteroatoms. The van der Waals surface area contributed by atoms with Crippen molar-refractivity contribution >= 4 is 11.9 Å². The fourth-order valence-corrected chi connectivity index (χ4v) is 2.47. The zero-order valence-electron chi connectivity index (χ0n) is 14.2. The second-order valence-electron chi connectivity index (χ2n) is 5.51. The van der Waals surface area contributed by atoms with Crippen molar-refractivity contribution in [1.82, 2.24) is 5.32 Å². The third-order valence-electron chi connectivity index (χ3n) is 3.73. The molecule has 6 nitrogen and oxygen atoms in total. The Morgan fingerprint density at radius 3 is 2.28 bits per heavy atom. The van der Waals surface area contributed by atoms with E-state index in [0.29, 0.717) is 17.1 Å². The van der Waals surface area contributed by atoms with E-state index < -0.39 is 12.0 Å². The van der Waals surface area contributed by atoms with Gasteiger partial charge in [0, 0.05) is 6.42 Å². The lowest BCUT2D eigenvalue weighted by Gasteiger charge is -2.15. The SMILES string of the molecule is COc1ccc(CC(=O)NC(Cc2ccccc2)C(=O)O)cc1OC. The van der Waals surface area contributed by atoms with Crippen molar-refractivity contribution in [2.24, 2.45) is 0 Å². The van der Waals surface area contributed by atoms with Gasteiger partial charge < -0.3 is 19.9 Å². The van der Waals surface area contributed by atoms with Crippen molar-refractivity contribution in [3.63, 3.8) is 0 Å². The van der Waals surface area contributed by atoms with Crippen LogP contribution in [0, 0.1) is 0 Å². The topological polar surface area (TPSA) is 84.9 Å². The van der Waals surface area contributed by atoms with E-state index in [9.17, 15) is 14.7 Å². The van der Waals surface area contributed by atoms with Crippen LogP contribution in [0.15, 0.2) is 48.5 Å². The average molecular weight is 343 g/mol. The lowest BCUT2D eigenvalue weighted by Crippen LogP contribution is -2.43. The Kier molecular flexibility index (Phi) is 6.39. The molecule has 0 radical (unpaired) electrons. The lowest BCUT2D eigenvalue weighted by atomic mass is 10.1. The number of hydrogen-bond acceptors (Lipinski definition) is 4. The van der Waals surface area contributed by atoms with Gasteiger partial charge in [-0.1, -0.05) is 36.4 Å². The summed E-state index contributed by atoms with van der Waals surface area (Å²) in [6, 6.07) is 13.4. The molecule has 2 aromatic carbocycles. The highest BCUT2D eigenvalue weighted by atomic mass is 16.5. The maximum absolute atomic E-state index is 12.2. The molecule has 132 valence electrons. The van der Waals surface area contributed by atoms with Crippen LogP contribution in [0.3, 0.4) is 0 Å². The van der Waals surface area contributed by atoms with Crippen LogP contribution in [-0.4, -0.2) is 37.2 Å². The van der Waals surface area contributed by atoms with E-state index in [1.165, 1.54) is 14.2 Å². The number of hydrogen-bond donors (Lipinski definition) is 2. The van der Waals surface area contributed by atoms with Crippen molar-refractivity contribution in [3.05, 3.63) is 59.7 Å². The molecule has 0 aliphatic rings. The van der Waals surface area contributed by atoms with Crippen molar-refractivity contribution < 1.29 is 24.2 Å². The van der Waals surface area contributed by atoms with Crippen LogP contribution in [-0.2, 0) is 22.4 Å². The summed E-state index contributed by atoms with van der Waals surface area (Å²) in [5, 5.41) is 11.9. The summed E-state index contributed by atoms with van der Waals surface area (Å²) in [4.78, 5) is 23.6. The number of aliphatic carboxylic acids is 1. The van der Waals surface area contributed by atoms with Crippen molar-refractivity contribution in [3.8, 4) is 11.5 Å².